The first-order valence-corrected chi connectivity index (χ1v) is 7.66. The maximum absolute atomic E-state index is 12.4. The van der Waals surface area contributed by atoms with Gasteiger partial charge in [-0.2, -0.15) is 13.2 Å². The SMILES string of the molecule is Cc1ccc(OCCC(=O)Nc2nc(C(F)(F)F)cs2)c(C)c1. The van der Waals surface area contributed by atoms with Gasteiger partial charge in [0.2, 0.25) is 5.91 Å². The highest BCUT2D eigenvalue weighted by Gasteiger charge is 2.33. The zero-order valence-corrected chi connectivity index (χ0v) is 13.3. The molecule has 0 spiro atoms. The number of aryl methyl sites for hydroxylation is 2. The van der Waals surface area contributed by atoms with Gasteiger partial charge in [-0.1, -0.05) is 17.7 Å². The highest BCUT2D eigenvalue weighted by molar-refractivity contribution is 7.13. The number of ether oxygens (including phenoxy) is 1. The van der Waals surface area contributed by atoms with Gasteiger partial charge in [-0.05, 0) is 25.5 Å². The molecule has 0 radical (unpaired) electrons. The maximum atomic E-state index is 12.4. The van der Waals surface area contributed by atoms with Gasteiger partial charge >= 0.3 is 6.18 Å². The molecule has 0 saturated heterocycles. The lowest BCUT2D eigenvalue weighted by molar-refractivity contribution is -0.140. The number of thiazole rings is 1. The summed E-state index contributed by atoms with van der Waals surface area (Å²) in [4.78, 5) is 15.0. The first-order valence-electron chi connectivity index (χ1n) is 6.78. The smallest absolute Gasteiger partial charge is 0.434 e. The van der Waals surface area contributed by atoms with Crippen LogP contribution in [0.2, 0.25) is 0 Å². The number of carbonyl (C=O) groups is 1. The minimum Gasteiger partial charge on any atom is -0.493 e. The Morgan fingerprint density at radius 3 is 2.70 bits per heavy atom. The first-order chi connectivity index (χ1) is 10.8. The third-order valence-corrected chi connectivity index (χ3v) is 3.72. The number of hydrogen-bond acceptors (Lipinski definition) is 4. The number of nitrogens with zero attached hydrogens (tertiary/aromatic N) is 1. The molecule has 0 bridgehead atoms. The Morgan fingerprint density at radius 1 is 1.35 bits per heavy atom. The number of rotatable bonds is 5. The minimum atomic E-state index is -4.51. The lowest BCUT2D eigenvalue weighted by Gasteiger charge is -2.09. The maximum Gasteiger partial charge on any atom is 0.434 e. The van der Waals surface area contributed by atoms with Crippen LogP contribution < -0.4 is 10.1 Å². The van der Waals surface area contributed by atoms with Gasteiger partial charge in [0.25, 0.3) is 0 Å². The standard InChI is InChI=1S/C15H15F3N2O2S/c1-9-3-4-11(10(2)7-9)22-6-5-13(21)20-14-19-12(8-23-14)15(16,17)18/h3-4,7-8H,5-6H2,1-2H3,(H,19,20,21). The van der Waals surface area contributed by atoms with Crippen LogP contribution >= 0.6 is 11.3 Å². The molecular weight excluding hydrogens is 329 g/mol. The van der Waals surface area contributed by atoms with Crippen LogP contribution in [0.5, 0.6) is 5.75 Å². The van der Waals surface area contributed by atoms with E-state index >= 15 is 0 Å². The van der Waals surface area contributed by atoms with Crippen molar-refractivity contribution in [2.45, 2.75) is 26.4 Å². The third kappa shape index (κ3) is 4.95. The summed E-state index contributed by atoms with van der Waals surface area (Å²) in [5, 5.41) is 3.12. The van der Waals surface area contributed by atoms with Crippen LogP contribution in [-0.4, -0.2) is 17.5 Å². The average Bonchev–Trinajstić information content (AvgIpc) is 2.89. The fourth-order valence-corrected chi connectivity index (χ4v) is 2.59. The molecule has 0 aliphatic heterocycles. The molecule has 0 saturated carbocycles. The molecule has 124 valence electrons. The van der Waals surface area contributed by atoms with Crippen LogP contribution in [0.1, 0.15) is 23.2 Å². The number of nitrogens with one attached hydrogen (secondary N) is 1. The summed E-state index contributed by atoms with van der Waals surface area (Å²) < 4.78 is 42.7. The number of amides is 1. The summed E-state index contributed by atoms with van der Waals surface area (Å²) in [6, 6.07) is 5.68. The Labute approximate surface area is 135 Å². The number of aromatic nitrogens is 1. The van der Waals surface area contributed by atoms with Crippen molar-refractivity contribution in [2.24, 2.45) is 0 Å². The number of alkyl halides is 3. The number of carbonyl (C=O) groups excluding carboxylic acids is 1. The monoisotopic (exact) mass is 344 g/mol. The second-order valence-electron chi connectivity index (χ2n) is 4.95. The molecule has 0 atom stereocenters. The molecule has 23 heavy (non-hydrogen) atoms. The summed E-state index contributed by atoms with van der Waals surface area (Å²) in [6.07, 6.45) is -4.49. The van der Waals surface area contributed by atoms with Crippen LogP contribution in [0, 0.1) is 13.8 Å². The second kappa shape index (κ2) is 6.99. The number of halogens is 3. The largest absolute Gasteiger partial charge is 0.493 e. The summed E-state index contributed by atoms with van der Waals surface area (Å²) in [5.41, 5.74) is 1.06. The number of anilines is 1. The summed E-state index contributed by atoms with van der Waals surface area (Å²) in [7, 11) is 0. The summed E-state index contributed by atoms with van der Waals surface area (Å²) in [5.74, 6) is 0.231. The van der Waals surface area contributed by atoms with E-state index in [2.05, 4.69) is 10.3 Å². The summed E-state index contributed by atoms with van der Waals surface area (Å²) >= 11 is 0.735. The van der Waals surface area contributed by atoms with Crippen molar-refractivity contribution in [3.8, 4) is 5.75 Å². The molecule has 1 heterocycles. The molecule has 2 rings (SSSR count). The molecule has 0 aliphatic rings. The van der Waals surface area contributed by atoms with E-state index in [1.54, 1.807) is 0 Å². The van der Waals surface area contributed by atoms with Crippen molar-refractivity contribution in [1.82, 2.24) is 4.98 Å². The van der Waals surface area contributed by atoms with Crippen molar-refractivity contribution >= 4 is 22.4 Å². The molecule has 1 aromatic heterocycles. The van der Waals surface area contributed by atoms with Gasteiger partial charge in [-0.15, -0.1) is 11.3 Å². The highest BCUT2D eigenvalue weighted by atomic mass is 32.1. The van der Waals surface area contributed by atoms with Gasteiger partial charge < -0.3 is 10.1 Å². The fourth-order valence-electron chi connectivity index (χ4n) is 1.86. The van der Waals surface area contributed by atoms with Gasteiger partial charge in [0.15, 0.2) is 10.8 Å². The van der Waals surface area contributed by atoms with Gasteiger partial charge in [-0.3, -0.25) is 4.79 Å². The minimum absolute atomic E-state index is 0.0221. The van der Waals surface area contributed by atoms with E-state index in [1.807, 2.05) is 32.0 Å². The Kier molecular flexibility index (Phi) is 5.25. The Balaban J connectivity index is 1.82. The Morgan fingerprint density at radius 2 is 2.09 bits per heavy atom. The zero-order chi connectivity index (χ0) is 17.0. The van der Waals surface area contributed by atoms with Crippen molar-refractivity contribution in [3.05, 3.63) is 40.4 Å². The van der Waals surface area contributed by atoms with E-state index in [-0.39, 0.29) is 18.2 Å². The lowest BCUT2D eigenvalue weighted by Crippen LogP contribution is -2.15. The van der Waals surface area contributed by atoms with Gasteiger partial charge in [0, 0.05) is 5.38 Å². The second-order valence-corrected chi connectivity index (χ2v) is 5.81. The summed E-state index contributed by atoms with van der Waals surface area (Å²) in [6.45, 7) is 4.00. The molecule has 8 heteroatoms. The van der Waals surface area contributed by atoms with E-state index in [1.165, 1.54) is 0 Å². The van der Waals surface area contributed by atoms with Gasteiger partial charge in [0.1, 0.15) is 5.75 Å². The Hall–Kier alpha value is -2.09. The zero-order valence-electron chi connectivity index (χ0n) is 12.5. The molecule has 1 amide bonds. The molecule has 0 aliphatic carbocycles. The van der Waals surface area contributed by atoms with Crippen LogP contribution in [0.3, 0.4) is 0 Å². The van der Waals surface area contributed by atoms with E-state index < -0.39 is 17.8 Å². The van der Waals surface area contributed by atoms with E-state index in [0.29, 0.717) is 5.75 Å². The van der Waals surface area contributed by atoms with Crippen LogP contribution in [0.25, 0.3) is 0 Å². The molecular formula is C15H15F3N2O2S. The van der Waals surface area contributed by atoms with Crippen molar-refractivity contribution < 1.29 is 22.7 Å². The first kappa shape index (κ1) is 17.3. The van der Waals surface area contributed by atoms with E-state index in [4.69, 9.17) is 4.74 Å². The van der Waals surface area contributed by atoms with Crippen LogP contribution in [-0.2, 0) is 11.0 Å². The van der Waals surface area contributed by atoms with E-state index in [0.717, 1.165) is 27.8 Å². The number of benzene rings is 1. The van der Waals surface area contributed by atoms with E-state index in [9.17, 15) is 18.0 Å². The molecule has 2 aromatic rings. The molecule has 1 N–H and O–H groups in total. The van der Waals surface area contributed by atoms with Crippen molar-refractivity contribution in [3.63, 3.8) is 0 Å². The van der Waals surface area contributed by atoms with Crippen LogP contribution in [0.4, 0.5) is 18.3 Å². The Bertz CT molecular complexity index is 698. The highest BCUT2D eigenvalue weighted by Crippen LogP contribution is 2.31. The molecule has 4 nitrogen and oxygen atoms in total. The predicted molar refractivity (Wildman–Crippen MR) is 81.8 cm³/mol. The molecule has 0 unspecified atom stereocenters. The quantitative estimate of drug-likeness (QED) is 0.885. The predicted octanol–water partition coefficient (Wildman–Crippen LogP) is 4.19. The van der Waals surface area contributed by atoms with Crippen LogP contribution in [0.15, 0.2) is 23.6 Å². The molecule has 0 fully saturated rings. The normalized spacial score (nSPS) is 11.3. The topological polar surface area (TPSA) is 51.2 Å². The number of hydrogen-bond donors (Lipinski definition) is 1. The molecule has 1 aromatic carbocycles. The van der Waals surface area contributed by atoms with Crippen molar-refractivity contribution in [1.29, 1.82) is 0 Å². The lowest BCUT2D eigenvalue weighted by atomic mass is 10.1. The average molecular weight is 344 g/mol. The third-order valence-electron chi connectivity index (χ3n) is 2.96. The van der Waals surface area contributed by atoms with Gasteiger partial charge in [0.05, 0.1) is 13.0 Å². The fraction of sp³-hybridized carbons (Fsp3) is 0.333. The van der Waals surface area contributed by atoms with Gasteiger partial charge in [-0.25, -0.2) is 4.98 Å². The van der Waals surface area contributed by atoms with Crippen molar-refractivity contribution in [2.75, 3.05) is 11.9 Å².